The SMILES string of the molecule is CS(=O)(=O)N1CCCCC1C(=O)NCCCN1CCCCC1. The molecule has 22 heavy (non-hydrogen) atoms. The van der Waals surface area contributed by atoms with Crippen molar-refractivity contribution >= 4 is 15.9 Å². The summed E-state index contributed by atoms with van der Waals surface area (Å²) in [5, 5.41) is 2.92. The number of nitrogens with zero attached hydrogens (tertiary/aromatic N) is 2. The number of likely N-dealkylation sites (tertiary alicyclic amines) is 1. The van der Waals surface area contributed by atoms with Crippen molar-refractivity contribution in [1.29, 1.82) is 0 Å². The molecular formula is C15H29N3O3S. The summed E-state index contributed by atoms with van der Waals surface area (Å²) in [7, 11) is -3.30. The van der Waals surface area contributed by atoms with Gasteiger partial charge in [-0.15, -0.1) is 0 Å². The van der Waals surface area contributed by atoms with Crippen LogP contribution < -0.4 is 5.32 Å². The van der Waals surface area contributed by atoms with Gasteiger partial charge in [-0.05, 0) is 51.7 Å². The molecule has 6 nitrogen and oxygen atoms in total. The van der Waals surface area contributed by atoms with Gasteiger partial charge in [0, 0.05) is 13.1 Å². The lowest BCUT2D eigenvalue weighted by molar-refractivity contribution is -0.125. The first kappa shape index (κ1) is 17.7. The summed E-state index contributed by atoms with van der Waals surface area (Å²) in [6.07, 6.45) is 8.38. The van der Waals surface area contributed by atoms with Crippen molar-refractivity contribution in [2.24, 2.45) is 0 Å². The van der Waals surface area contributed by atoms with Gasteiger partial charge in [-0.3, -0.25) is 4.79 Å². The zero-order chi connectivity index (χ0) is 16.0. The molecule has 0 radical (unpaired) electrons. The first-order valence-corrected chi connectivity index (χ1v) is 10.3. The lowest BCUT2D eigenvalue weighted by Gasteiger charge is -2.32. The fourth-order valence-corrected chi connectivity index (χ4v) is 4.50. The normalized spacial score (nSPS) is 25.0. The highest BCUT2D eigenvalue weighted by atomic mass is 32.2. The third-order valence-electron chi connectivity index (χ3n) is 4.58. The largest absolute Gasteiger partial charge is 0.355 e. The van der Waals surface area contributed by atoms with Gasteiger partial charge in [-0.1, -0.05) is 12.8 Å². The van der Waals surface area contributed by atoms with Crippen molar-refractivity contribution in [2.75, 3.05) is 39.0 Å². The van der Waals surface area contributed by atoms with Crippen molar-refractivity contribution in [2.45, 2.75) is 51.0 Å². The number of sulfonamides is 1. The standard InChI is InChI=1S/C15H29N3O3S/c1-22(20,21)18-13-6-3-8-14(18)15(19)16-9-7-12-17-10-4-2-5-11-17/h14H,2-13H2,1H3,(H,16,19). The molecule has 2 heterocycles. The summed E-state index contributed by atoms with van der Waals surface area (Å²) >= 11 is 0. The molecule has 0 saturated carbocycles. The van der Waals surface area contributed by atoms with Crippen LogP contribution in [0.1, 0.15) is 44.9 Å². The van der Waals surface area contributed by atoms with Gasteiger partial charge in [0.1, 0.15) is 6.04 Å². The van der Waals surface area contributed by atoms with Gasteiger partial charge in [-0.25, -0.2) is 8.42 Å². The molecule has 0 aromatic rings. The number of hydrogen-bond acceptors (Lipinski definition) is 4. The Balaban J connectivity index is 1.73. The van der Waals surface area contributed by atoms with Gasteiger partial charge in [0.05, 0.1) is 6.26 Å². The Morgan fingerprint density at radius 3 is 2.45 bits per heavy atom. The van der Waals surface area contributed by atoms with Crippen molar-refractivity contribution in [3.05, 3.63) is 0 Å². The predicted octanol–water partition coefficient (Wildman–Crippen LogP) is 0.793. The van der Waals surface area contributed by atoms with Crippen molar-refractivity contribution < 1.29 is 13.2 Å². The van der Waals surface area contributed by atoms with E-state index in [1.807, 2.05) is 0 Å². The molecule has 2 rings (SSSR count). The number of amides is 1. The lowest BCUT2D eigenvalue weighted by Crippen LogP contribution is -2.51. The molecule has 2 aliphatic rings. The van der Waals surface area contributed by atoms with E-state index in [2.05, 4.69) is 10.2 Å². The fourth-order valence-electron chi connectivity index (χ4n) is 3.38. The van der Waals surface area contributed by atoms with E-state index in [0.29, 0.717) is 19.5 Å². The zero-order valence-electron chi connectivity index (χ0n) is 13.6. The maximum atomic E-state index is 12.3. The molecule has 0 aromatic carbocycles. The molecule has 2 aliphatic heterocycles. The molecule has 2 saturated heterocycles. The molecule has 1 N–H and O–H groups in total. The van der Waals surface area contributed by atoms with Crippen LogP contribution in [0, 0.1) is 0 Å². The van der Waals surface area contributed by atoms with Crippen LogP contribution >= 0.6 is 0 Å². The van der Waals surface area contributed by atoms with E-state index in [-0.39, 0.29) is 5.91 Å². The second kappa shape index (κ2) is 8.26. The molecule has 0 bridgehead atoms. The average molecular weight is 331 g/mol. The first-order chi connectivity index (χ1) is 10.5. The molecule has 1 amide bonds. The van der Waals surface area contributed by atoms with E-state index in [4.69, 9.17) is 0 Å². The quantitative estimate of drug-likeness (QED) is 0.731. The molecule has 0 aliphatic carbocycles. The number of nitrogens with one attached hydrogen (secondary N) is 1. The third kappa shape index (κ3) is 5.21. The summed E-state index contributed by atoms with van der Waals surface area (Å²) in [6.45, 7) is 4.44. The van der Waals surface area contributed by atoms with E-state index < -0.39 is 16.1 Å². The van der Waals surface area contributed by atoms with Crippen LogP contribution in [0.25, 0.3) is 0 Å². The Hall–Kier alpha value is -0.660. The van der Waals surface area contributed by atoms with E-state index in [1.165, 1.54) is 42.9 Å². The lowest BCUT2D eigenvalue weighted by atomic mass is 10.0. The minimum absolute atomic E-state index is 0.135. The zero-order valence-corrected chi connectivity index (χ0v) is 14.4. The van der Waals surface area contributed by atoms with Crippen LogP contribution in [0.2, 0.25) is 0 Å². The van der Waals surface area contributed by atoms with E-state index in [1.54, 1.807) is 0 Å². The Morgan fingerprint density at radius 2 is 1.77 bits per heavy atom. The minimum Gasteiger partial charge on any atom is -0.355 e. The molecular weight excluding hydrogens is 302 g/mol. The van der Waals surface area contributed by atoms with Crippen molar-refractivity contribution in [1.82, 2.24) is 14.5 Å². The van der Waals surface area contributed by atoms with Crippen LogP contribution in [0.5, 0.6) is 0 Å². The third-order valence-corrected chi connectivity index (χ3v) is 5.87. The summed E-state index contributed by atoms with van der Waals surface area (Å²) in [6, 6.07) is -0.515. The maximum Gasteiger partial charge on any atom is 0.238 e. The van der Waals surface area contributed by atoms with E-state index >= 15 is 0 Å². The van der Waals surface area contributed by atoms with E-state index in [0.717, 1.165) is 25.8 Å². The molecule has 0 aromatic heterocycles. The summed E-state index contributed by atoms with van der Waals surface area (Å²) in [4.78, 5) is 14.7. The van der Waals surface area contributed by atoms with Gasteiger partial charge in [0.25, 0.3) is 0 Å². The highest BCUT2D eigenvalue weighted by Crippen LogP contribution is 2.19. The Kier molecular flexibility index (Phi) is 6.65. The van der Waals surface area contributed by atoms with Gasteiger partial charge in [0.2, 0.25) is 15.9 Å². The van der Waals surface area contributed by atoms with Crippen molar-refractivity contribution in [3.63, 3.8) is 0 Å². The van der Waals surface area contributed by atoms with Crippen LogP contribution in [-0.4, -0.2) is 68.6 Å². The van der Waals surface area contributed by atoms with Gasteiger partial charge >= 0.3 is 0 Å². The number of carbonyl (C=O) groups excluding carboxylic acids is 1. The van der Waals surface area contributed by atoms with Gasteiger partial charge in [-0.2, -0.15) is 4.31 Å². The van der Waals surface area contributed by atoms with Crippen molar-refractivity contribution in [3.8, 4) is 0 Å². The average Bonchev–Trinajstić information content (AvgIpc) is 2.51. The number of carbonyl (C=O) groups is 1. The Morgan fingerprint density at radius 1 is 1.09 bits per heavy atom. The molecule has 1 unspecified atom stereocenters. The second-order valence-electron chi connectivity index (χ2n) is 6.43. The highest BCUT2D eigenvalue weighted by Gasteiger charge is 2.34. The first-order valence-electron chi connectivity index (χ1n) is 8.45. The topological polar surface area (TPSA) is 69.7 Å². The highest BCUT2D eigenvalue weighted by molar-refractivity contribution is 7.88. The van der Waals surface area contributed by atoms with Gasteiger partial charge < -0.3 is 10.2 Å². The van der Waals surface area contributed by atoms with Crippen LogP contribution in [0.3, 0.4) is 0 Å². The molecule has 128 valence electrons. The minimum atomic E-state index is -3.30. The van der Waals surface area contributed by atoms with Gasteiger partial charge in [0.15, 0.2) is 0 Å². The summed E-state index contributed by atoms with van der Waals surface area (Å²) in [5.41, 5.74) is 0. The molecule has 7 heteroatoms. The maximum absolute atomic E-state index is 12.3. The Labute approximate surface area is 134 Å². The number of hydrogen-bond donors (Lipinski definition) is 1. The summed E-state index contributed by atoms with van der Waals surface area (Å²) in [5.74, 6) is -0.135. The summed E-state index contributed by atoms with van der Waals surface area (Å²) < 4.78 is 24.9. The number of rotatable bonds is 6. The van der Waals surface area contributed by atoms with Crippen LogP contribution in [-0.2, 0) is 14.8 Å². The second-order valence-corrected chi connectivity index (χ2v) is 8.37. The molecule has 2 fully saturated rings. The monoisotopic (exact) mass is 331 g/mol. The van der Waals surface area contributed by atoms with Crippen LogP contribution in [0.15, 0.2) is 0 Å². The molecule has 0 spiro atoms. The van der Waals surface area contributed by atoms with E-state index in [9.17, 15) is 13.2 Å². The fraction of sp³-hybridized carbons (Fsp3) is 0.933. The number of piperidine rings is 2. The predicted molar refractivity (Wildman–Crippen MR) is 87.1 cm³/mol. The van der Waals surface area contributed by atoms with Crippen LogP contribution in [0.4, 0.5) is 0 Å². The Bertz CT molecular complexity index is 461. The smallest absolute Gasteiger partial charge is 0.238 e. The molecule has 1 atom stereocenters.